The average molecular weight is 204 g/mol. The summed E-state index contributed by atoms with van der Waals surface area (Å²) in [6.07, 6.45) is 0.242. The Bertz CT molecular complexity index is 448. The molecule has 76 valence electrons. The Morgan fingerprint density at radius 3 is 2.47 bits per heavy atom. The molecular weight excluding hydrogens is 196 g/mol. The van der Waals surface area contributed by atoms with Gasteiger partial charge in [0.1, 0.15) is 0 Å². The summed E-state index contributed by atoms with van der Waals surface area (Å²) >= 11 is 0. The van der Waals surface area contributed by atoms with E-state index in [1.54, 1.807) is 12.1 Å². The molecule has 2 rings (SSSR count). The van der Waals surface area contributed by atoms with Gasteiger partial charge in [0.25, 0.3) is 0 Å². The summed E-state index contributed by atoms with van der Waals surface area (Å²) < 4.78 is 0. The lowest BCUT2D eigenvalue weighted by Crippen LogP contribution is -2.09. The van der Waals surface area contributed by atoms with Gasteiger partial charge in [-0.25, -0.2) is 10.2 Å². The van der Waals surface area contributed by atoms with Crippen molar-refractivity contribution in [3.05, 3.63) is 35.4 Å². The van der Waals surface area contributed by atoms with Crippen LogP contribution < -0.4 is 5.43 Å². The van der Waals surface area contributed by atoms with Crippen LogP contribution in [0.3, 0.4) is 0 Å². The maximum Gasteiger partial charge on any atom is 0.335 e. The van der Waals surface area contributed by atoms with Gasteiger partial charge >= 0.3 is 5.97 Å². The van der Waals surface area contributed by atoms with Gasteiger partial charge in [-0.05, 0) is 17.7 Å². The summed E-state index contributed by atoms with van der Waals surface area (Å²) in [4.78, 5) is 21.5. The Hall–Kier alpha value is -2.17. The highest BCUT2D eigenvalue weighted by atomic mass is 16.4. The lowest BCUT2D eigenvalue weighted by Gasteiger charge is -1.98. The van der Waals surface area contributed by atoms with Crippen LogP contribution in [0.5, 0.6) is 0 Å². The molecule has 1 aromatic carbocycles. The smallest absolute Gasteiger partial charge is 0.335 e. The van der Waals surface area contributed by atoms with Crippen LogP contribution in [0, 0.1) is 0 Å². The molecule has 1 aliphatic rings. The van der Waals surface area contributed by atoms with Gasteiger partial charge in [0, 0.05) is 0 Å². The Kier molecular flexibility index (Phi) is 2.21. The van der Waals surface area contributed by atoms with E-state index in [0.717, 1.165) is 5.56 Å². The first-order valence-electron chi connectivity index (χ1n) is 4.36. The maximum absolute atomic E-state index is 10.9. The molecule has 0 bridgehead atoms. The molecule has 1 aromatic rings. The SMILES string of the molecule is O=C1CC(c2ccc(C(=O)O)cc2)=NN1. The van der Waals surface area contributed by atoms with E-state index in [1.807, 2.05) is 0 Å². The minimum absolute atomic E-state index is 0.146. The van der Waals surface area contributed by atoms with Crippen LogP contribution in [0.1, 0.15) is 22.3 Å². The first-order valence-corrected chi connectivity index (χ1v) is 4.36. The largest absolute Gasteiger partial charge is 0.478 e. The zero-order valence-electron chi connectivity index (χ0n) is 7.73. The molecule has 1 amide bonds. The van der Waals surface area contributed by atoms with E-state index in [4.69, 9.17) is 5.11 Å². The summed E-state index contributed by atoms with van der Waals surface area (Å²) in [6.45, 7) is 0. The Balaban J connectivity index is 2.24. The van der Waals surface area contributed by atoms with Crippen molar-refractivity contribution >= 4 is 17.6 Å². The van der Waals surface area contributed by atoms with E-state index < -0.39 is 5.97 Å². The molecule has 0 aliphatic carbocycles. The number of carbonyl (C=O) groups excluding carboxylic acids is 1. The van der Waals surface area contributed by atoms with E-state index in [9.17, 15) is 9.59 Å². The first-order chi connectivity index (χ1) is 7.16. The molecule has 5 heteroatoms. The van der Waals surface area contributed by atoms with Crippen LogP contribution in [-0.4, -0.2) is 22.7 Å². The lowest BCUT2D eigenvalue weighted by atomic mass is 10.1. The highest BCUT2D eigenvalue weighted by Crippen LogP contribution is 2.10. The second-order valence-corrected chi connectivity index (χ2v) is 3.15. The third-order valence-electron chi connectivity index (χ3n) is 2.11. The van der Waals surface area contributed by atoms with Crippen LogP contribution in [-0.2, 0) is 4.79 Å². The van der Waals surface area contributed by atoms with E-state index >= 15 is 0 Å². The Morgan fingerprint density at radius 2 is 2.00 bits per heavy atom. The lowest BCUT2D eigenvalue weighted by molar-refractivity contribution is -0.119. The Labute approximate surface area is 85.4 Å². The third-order valence-corrected chi connectivity index (χ3v) is 2.11. The van der Waals surface area contributed by atoms with Gasteiger partial charge in [-0.3, -0.25) is 4.79 Å². The molecular formula is C10H8N2O3. The number of nitrogens with zero attached hydrogens (tertiary/aromatic N) is 1. The predicted octanol–water partition coefficient (Wildman–Crippen LogP) is 0.609. The minimum Gasteiger partial charge on any atom is -0.478 e. The van der Waals surface area contributed by atoms with Crippen LogP contribution in [0.2, 0.25) is 0 Å². The second-order valence-electron chi connectivity index (χ2n) is 3.15. The number of rotatable bonds is 2. The van der Waals surface area contributed by atoms with Crippen molar-refractivity contribution in [3.8, 4) is 0 Å². The van der Waals surface area contributed by atoms with Crippen molar-refractivity contribution in [2.45, 2.75) is 6.42 Å². The summed E-state index contributed by atoms with van der Waals surface area (Å²) in [5.74, 6) is -1.11. The number of carboxylic acid groups (broad SMARTS) is 1. The van der Waals surface area contributed by atoms with Gasteiger partial charge in [0.05, 0.1) is 17.7 Å². The zero-order chi connectivity index (χ0) is 10.8. The molecule has 15 heavy (non-hydrogen) atoms. The fraction of sp³-hybridized carbons (Fsp3) is 0.100. The van der Waals surface area contributed by atoms with Gasteiger partial charge in [0.2, 0.25) is 5.91 Å². The van der Waals surface area contributed by atoms with Crippen molar-refractivity contribution in [3.63, 3.8) is 0 Å². The average Bonchev–Trinajstić information content (AvgIpc) is 2.65. The number of hydrogen-bond acceptors (Lipinski definition) is 3. The van der Waals surface area contributed by atoms with Crippen LogP contribution in [0.4, 0.5) is 0 Å². The van der Waals surface area contributed by atoms with Gasteiger partial charge in [-0.2, -0.15) is 5.10 Å². The summed E-state index contributed by atoms with van der Waals surface area (Å²) in [7, 11) is 0. The summed E-state index contributed by atoms with van der Waals surface area (Å²) in [5, 5.41) is 12.5. The molecule has 0 spiro atoms. The predicted molar refractivity (Wildman–Crippen MR) is 52.7 cm³/mol. The fourth-order valence-electron chi connectivity index (χ4n) is 1.33. The fourth-order valence-corrected chi connectivity index (χ4v) is 1.33. The molecule has 0 fully saturated rings. The molecule has 1 aliphatic heterocycles. The van der Waals surface area contributed by atoms with E-state index in [1.165, 1.54) is 12.1 Å². The highest BCUT2D eigenvalue weighted by Gasteiger charge is 2.16. The molecule has 0 aromatic heterocycles. The second kappa shape index (κ2) is 3.53. The summed E-state index contributed by atoms with van der Waals surface area (Å²) in [5.41, 5.74) is 3.96. The van der Waals surface area contributed by atoms with Gasteiger partial charge in [0.15, 0.2) is 0 Å². The van der Waals surface area contributed by atoms with Gasteiger partial charge < -0.3 is 5.11 Å². The molecule has 5 nitrogen and oxygen atoms in total. The molecule has 0 saturated carbocycles. The van der Waals surface area contributed by atoms with Gasteiger partial charge in [-0.1, -0.05) is 12.1 Å². The zero-order valence-corrected chi connectivity index (χ0v) is 7.73. The van der Waals surface area contributed by atoms with Crippen molar-refractivity contribution in [1.29, 1.82) is 0 Å². The monoisotopic (exact) mass is 204 g/mol. The number of carbonyl (C=O) groups is 2. The number of nitrogens with one attached hydrogen (secondary N) is 1. The van der Waals surface area contributed by atoms with E-state index in [-0.39, 0.29) is 17.9 Å². The summed E-state index contributed by atoms with van der Waals surface area (Å²) in [6, 6.07) is 6.26. The molecule has 0 saturated heterocycles. The first kappa shape index (κ1) is 9.39. The van der Waals surface area contributed by atoms with Crippen molar-refractivity contribution < 1.29 is 14.7 Å². The van der Waals surface area contributed by atoms with Crippen LogP contribution >= 0.6 is 0 Å². The number of hydrazone groups is 1. The molecule has 2 N–H and O–H groups in total. The highest BCUT2D eigenvalue weighted by molar-refractivity contribution is 6.13. The number of benzene rings is 1. The number of aromatic carboxylic acids is 1. The molecule has 1 heterocycles. The van der Waals surface area contributed by atoms with Crippen molar-refractivity contribution in [2.24, 2.45) is 5.10 Å². The standard InChI is InChI=1S/C10H8N2O3/c13-9-5-8(11-12-9)6-1-3-7(4-2-6)10(14)15/h1-4H,5H2,(H,12,13)(H,14,15). The third kappa shape index (κ3) is 1.85. The van der Waals surface area contributed by atoms with Crippen LogP contribution in [0.15, 0.2) is 29.4 Å². The van der Waals surface area contributed by atoms with Crippen LogP contribution in [0.25, 0.3) is 0 Å². The quantitative estimate of drug-likeness (QED) is 0.740. The van der Waals surface area contributed by atoms with Crippen molar-refractivity contribution in [1.82, 2.24) is 5.43 Å². The van der Waals surface area contributed by atoms with Gasteiger partial charge in [-0.15, -0.1) is 0 Å². The molecule has 0 atom stereocenters. The maximum atomic E-state index is 10.9. The normalized spacial score (nSPS) is 14.7. The molecule has 0 unspecified atom stereocenters. The molecule has 0 radical (unpaired) electrons. The number of carboxylic acids is 1. The van der Waals surface area contributed by atoms with E-state index in [0.29, 0.717) is 5.71 Å². The Morgan fingerprint density at radius 1 is 1.33 bits per heavy atom. The van der Waals surface area contributed by atoms with Crippen molar-refractivity contribution in [2.75, 3.05) is 0 Å². The van der Waals surface area contributed by atoms with E-state index in [2.05, 4.69) is 10.5 Å². The topological polar surface area (TPSA) is 78.8 Å². The number of hydrogen-bond donors (Lipinski definition) is 2. The number of amides is 1. The minimum atomic E-state index is -0.968.